The summed E-state index contributed by atoms with van der Waals surface area (Å²) in [6, 6.07) is 17.2. The molecular formula is C25H26O5. The van der Waals surface area contributed by atoms with Gasteiger partial charge < -0.3 is 9.47 Å². The molecule has 0 N–H and O–H groups in total. The highest BCUT2D eigenvalue weighted by Gasteiger charge is 2.95. The molecule has 0 bridgehead atoms. The van der Waals surface area contributed by atoms with Gasteiger partial charge in [-0.05, 0) is 38.3 Å². The third-order valence-corrected chi connectivity index (χ3v) is 6.73. The van der Waals surface area contributed by atoms with Crippen LogP contribution >= 0.6 is 0 Å². The van der Waals surface area contributed by atoms with Crippen molar-refractivity contribution < 1.29 is 23.9 Å². The quantitative estimate of drug-likeness (QED) is 0.403. The van der Waals surface area contributed by atoms with E-state index in [0.717, 1.165) is 11.1 Å². The van der Waals surface area contributed by atoms with Crippen molar-refractivity contribution in [3.05, 3.63) is 60.2 Å². The summed E-state index contributed by atoms with van der Waals surface area (Å²) in [5.41, 5.74) is -1.09. The van der Waals surface area contributed by atoms with Crippen LogP contribution in [0.4, 0.5) is 0 Å². The second kappa shape index (κ2) is 6.79. The van der Waals surface area contributed by atoms with Crippen LogP contribution in [0.5, 0.6) is 0 Å². The SMILES string of the molecule is CCOC(=O)C12C(=O)OC(C)(C)C1C2(CC)C(=O)c1ccc(-c2ccccc2)cc1. The summed E-state index contributed by atoms with van der Waals surface area (Å²) >= 11 is 0. The van der Waals surface area contributed by atoms with Crippen LogP contribution in [0.3, 0.4) is 0 Å². The van der Waals surface area contributed by atoms with Gasteiger partial charge in [-0.25, -0.2) is 0 Å². The fraction of sp³-hybridized carbons (Fsp3) is 0.400. The zero-order chi connectivity index (χ0) is 21.7. The van der Waals surface area contributed by atoms with E-state index in [2.05, 4.69) is 0 Å². The van der Waals surface area contributed by atoms with Crippen LogP contribution in [0.25, 0.3) is 11.1 Å². The van der Waals surface area contributed by atoms with Gasteiger partial charge in [0.15, 0.2) is 11.2 Å². The minimum absolute atomic E-state index is 0.140. The number of hydrogen-bond acceptors (Lipinski definition) is 5. The maximum Gasteiger partial charge on any atom is 0.325 e. The van der Waals surface area contributed by atoms with E-state index in [0.29, 0.717) is 12.0 Å². The van der Waals surface area contributed by atoms with Crippen molar-refractivity contribution in [1.29, 1.82) is 0 Å². The van der Waals surface area contributed by atoms with Gasteiger partial charge in [-0.1, -0.05) is 61.5 Å². The lowest BCUT2D eigenvalue weighted by Crippen LogP contribution is -2.40. The predicted molar refractivity (Wildman–Crippen MR) is 112 cm³/mol. The molecule has 0 amide bonds. The van der Waals surface area contributed by atoms with Crippen LogP contribution in [0.15, 0.2) is 54.6 Å². The Morgan fingerprint density at radius 2 is 1.57 bits per heavy atom. The molecule has 30 heavy (non-hydrogen) atoms. The number of ether oxygens (including phenoxy) is 2. The number of fused-ring (bicyclic) bond motifs is 1. The Morgan fingerprint density at radius 1 is 0.967 bits per heavy atom. The van der Waals surface area contributed by atoms with Gasteiger partial charge in [0.1, 0.15) is 5.60 Å². The zero-order valence-electron chi connectivity index (χ0n) is 17.7. The maximum absolute atomic E-state index is 13.8. The number of rotatable bonds is 6. The lowest BCUT2D eigenvalue weighted by Gasteiger charge is -2.28. The summed E-state index contributed by atoms with van der Waals surface area (Å²) in [6.07, 6.45) is 0.355. The van der Waals surface area contributed by atoms with Crippen molar-refractivity contribution in [2.45, 2.75) is 39.7 Å². The summed E-state index contributed by atoms with van der Waals surface area (Å²) in [6.45, 7) is 7.20. The predicted octanol–water partition coefficient (Wildman–Crippen LogP) is 4.45. The summed E-state index contributed by atoms with van der Waals surface area (Å²) in [5.74, 6) is -2.04. The van der Waals surface area contributed by atoms with Crippen molar-refractivity contribution >= 4 is 17.7 Å². The topological polar surface area (TPSA) is 69.7 Å². The molecule has 1 aliphatic carbocycles. The molecule has 2 aromatic rings. The first kappa shape index (κ1) is 20.3. The first-order chi connectivity index (χ1) is 14.3. The number of ketones is 1. The highest BCUT2D eigenvalue weighted by atomic mass is 16.6. The zero-order valence-corrected chi connectivity index (χ0v) is 17.7. The Labute approximate surface area is 176 Å². The van der Waals surface area contributed by atoms with Crippen molar-refractivity contribution in [2.24, 2.45) is 16.7 Å². The molecule has 1 saturated carbocycles. The summed E-state index contributed by atoms with van der Waals surface area (Å²) < 4.78 is 10.8. The minimum atomic E-state index is -1.56. The van der Waals surface area contributed by atoms with Gasteiger partial charge in [0.05, 0.1) is 12.0 Å². The molecular weight excluding hydrogens is 380 g/mol. The molecule has 2 aliphatic rings. The van der Waals surface area contributed by atoms with Gasteiger partial charge in [-0.3, -0.25) is 14.4 Å². The smallest absolute Gasteiger partial charge is 0.325 e. The summed E-state index contributed by atoms with van der Waals surface area (Å²) in [4.78, 5) is 39.7. The van der Waals surface area contributed by atoms with E-state index in [1.807, 2.05) is 49.4 Å². The first-order valence-corrected chi connectivity index (χ1v) is 10.4. The molecule has 2 fully saturated rings. The van der Waals surface area contributed by atoms with Crippen molar-refractivity contribution in [3.63, 3.8) is 0 Å². The highest BCUT2D eigenvalue weighted by Crippen LogP contribution is 2.80. The van der Waals surface area contributed by atoms with Crippen LogP contribution in [0.2, 0.25) is 0 Å². The molecule has 4 rings (SSSR count). The van der Waals surface area contributed by atoms with E-state index in [9.17, 15) is 14.4 Å². The third kappa shape index (κ3) is 2.44. The molecule has 1 heterocycles. The number of hydrogen-bond donors (Lipinski definition) is 0. The van der Waals surface area contributed by atoms with Crippen molar-refractivity contribution in [1.82, 2.24) is 0 Å². The normalized spacial score (nSPS) is 28.4. The molecule has 5 heteroatoms. The van der Waals surface area contributed by atoms with Gasteiger partial charge in [-0.15, -0.1) is 0 Å². The fourth-order valence-electron chi connectivity index (χ4n) is 5.61. The molecule has 3 unspecified atom stereocenters. The second-order valence-electron chi connectivity index (χ2n) is 8.55. The van der Waals surface area contributed by atoms with E-state index in [-0.39, 0.29) is 12.4 Å². The Morgan fingerprint density at radius 3 is 2.13 bits per heavy atom. The molecule has 1 aliphatic heterocycles. The number of Topliss-reactive ketones (excluding diaryl/α,β-unsaturated/α-hetero) is 1. The van der Waals surface area contributed by atoms with Crippen molar-refractivity contribution in [2.75, 3.05) is 6.61 Å². The highest BCUT2D eigenvalue weighted by molar-refractivity contribution is 6.19. The van der Waals surface area contributed by atoms with Gasteiger partial charge >= 0.3 is 11.9 Å². The van der Waals surface area contributed by atoms with Gasteiger partial charge in [0.25, 0.3) is 0 Å². The van der Waals surface area contributed by atoms with Crippen LogP contribution in [0.1, 0.15) is 44.5 Å². The van der Waals surface area contributed by atoms with E-state index >= 15 is 0 Å². The van der Waals surface area contributed by atoms with E-state index in [1.54, 1.807) is 32.9 Å². The van der Waals surface area contributed by atoms with Crippen LogP contribution in [-0.4, -0.2) is 29.9 Å². The average Bonchev–Trinajstić information content (AvgIpc) is 3.34. The first-order valence-electron chi connectivity index (χ1n) is 10.4. The van der Waals surface area contributed by atoms with Gasteiger partial charge in [0.2, 0.25) is 0 Å². The number of esters is 2. The third-order valence-electron chi connectivity index (χ3n) is 6.73. The summed E-state index contributed by atoms with van der Waals surface area (Å²) in [7, 11) is 0. The molecule has 3 atom stereocenters. The summed E-state index contributed by atoms with van der Waals surface area (Å²) in [5, 5.41) is 0. The molecule has 0 aromatic heterocycles. The molecule has 1 saturated heterocycles. The number of cyclic esters (lactones) is 1. The van der Waals surface area contributed by atoms with E-state index in [4.69, 9.17) is 9.47 Å². The van der Waals surface area contributed by atoms with Crippen molar-refractivity contribution in [3.8, 4) is 11.1 Å². The molecule has 0 radical (unpaired) electrons. The fourth-order valence-corrected chi connectivity index (χ4v) is 5.61. The Kier molecular flexibility index (Phi) is 4.60. The number of carbonyl (C=O) groups is 3. The maximum atomic E-state index is 13.8. The Balaban J connectivity index is 1.75. The average molecular weight is 406 g/mol. The van der Waals surface area contributed by atoms with Crippen LogP contribution < -0.4 is 0 Å². The molecule has 0 spiro atoms. The molecule has 2 aromatic carbocycles. The lowest BCUT2D eigenvalue weighted by atomic mass is 9.81. The Bertz CT molecular complexity index is 1010. The molecule has 5 nitrogen and oxygen atoms in total. The van der Waals surface area contributed by atoms with E-state index in [1.165, 1.54) is 0 Å². The van der Waals surface area contributed by atoms with Gasteiger partial charge in [0, 0.05) is 11.5 Å². The number of carbonyl (C=O) groups excluding carboxylic acids is 3. The van der Waals surface area contributed by atoms with Crippen LogP contribution in [0, 0.1) is 16.7 Å². The minimum Gasteiger partial charge on any atom is -0.465 e. The Hall–Kier alpha value is -2.95. The van der Waals surface area contributed by atoms with Crippen LogP contribution in [-0.2, 0) is 19.1 Å². The lowest BCUT2D eigenvalue weighted by molar-refractivity contribution is -0.166. The standard InChI is InChI=1S/C25H26O5/c1-5-24(20-23(3,4)30-22(28)25(20,24)21(27)29-6-2)19(26)18-14-12-17(13-15-18)16-10-8-7-9-11-16/h7-15,20H,5-6H2,1-4H3. The second-order valence-corrected chi connectivity index (χ2v) is 8.55. The monoisotopic (exact) mass is 406 g/mol. The number of benzene rings is 2. The van der Waals surface area contributed by atoms with E-state index < -0.39 is 34.3 Å². The van der Waals surface area contributed by atoms with Gasteiger partial charge in [-0.2, -0.15) is 0 Å². The molecule has 156 valence electrons. The largest absolute Gasteiger partial charge is 0.465 e.